The van der Waals surface area contributed by atoms with E-state index in [4.69, 9.17) is 4.42 Å². The first-order valence-corrected chi connectivity index (χ1v) is 6.25. The molecule has 1 heterocycles. The van der Waals surface area contributed by atoms with E-state index >= 15 is 0 Å². The van der Waals surface area contributed by atoms with Crippen LogP contribution in [0.25, 0.3) is 0 Å². The first-order valence-electron chi connectivity index (χ1n) is 5.45. The summed E-state index contributed by atoms with van der Waals surface area (Å²) < 4.78 is 42.8. The molecule has 0 aliphatic heterocycles. The molecule has 2 nitrogen and oxygen atoms in total. The second kappa shape index (κ2) is 5.38. The lowest BCUT2D eigenvalue weighted by Crippen LogP contribution is -2.05. The maximum Gasteiger partial charge on any atom is 0.416 e. The van der Waals surface area contributed by atoms with Crippen LogP contribution in [0.4, 0.5) is 13.2 Å². The van der Waals surface area contributed by atoms with Crippen molar-refractivity contribution < 1.29 is 22.7 Å². The molecule has 0 fully saturated rings. The van der Waals surface area contributed by atoms with E-state index in [1.165, 1.54) is 12.1 Å². The highest BCUT2D eigenvalue weighted by atomic mass is 79.9. The fourth-order valence-electron chi connectivity index (χ4n) is 1.66. The lowest BCUT2D eigenvalue weighted by Gasteiger charge is -2.10. The van der Waals surface area contributed by atoms with Gasteiger partial charge in [0.15, 0.2) is 4.67 Å². The van der Waals surface area contributed by atoms with Crippen LogP contribution in [0.1, 0.15) is 23.0 Å². The van der Waals surface area contributed by atoms with Crippen LogP contribution in [-0.2, 0) is 12.6 Å². The minimum absolute atomic E-state index is 0.193. The Labute approximate surface area is 116 Å². The molecule has 0 aliphatic rings. The Kier molecular flexibility index (Phi) is 4.01. The number of hydrogen-bond acceptors (Lipinski definition) is 2. The molecule has 1 aromatic heterocycles. The van der Waals surface area contributed by atoms with Gasteiger partial charge in [-0.2, -0.15) is 13.2 Å². The van der Waals surface area contributed by atoms with Gasteiger partial charge in [0.25, 0.3) is 0 Å². The average Bonchev–Trinajstić information content (AvgIpc) is 2.75. The second-order valence-corrected chi connectivity index (χ2v) is 4.84. The first-order chi connectivity index (χ1) is 8.86. The fourth-order valence-corrected chi connectivity index (χ4v) is 1.98. The van der Waals surface area contributed by atoms with Gasteiger partial charge in [-0.1, -0.05) is 12.1 Å². The number of rotatable bonds is 3. The largest absolute Gasteiger partial charge is 0.452 e. The first kappa shape index (κ1) is 14.1. The highest BCUT2D eigenvalue weighted by Gasteiger charge is 2.30. The number of benzene rings is 1. The Bertz CT molecular complexity index is 546. The van der Waals surface area contributed by atoms with Gasteiger partial charge in [-0.05, 0) is 45.8 Å². The van der Waals surface area contributed by atoms with Gasteiger partial charge < -0.3 is 9.52 Å². The second-order valence-electron chi connectivity index (χ2n) is 4.06. The lowest BCUT2D eigenvalue weighted by molar-refractivity contribution is -0.137. The standard InChI is InChI=1S/C13H10BrF3O2/c14-12-6-5-11(19-12)10(18)7-8-1-3-9(4-2-8)13(15,16)17/h1-6,10,18H,7H2. The van der Waals surface area contributed by atoms with E-state index in [0.29, 0.717) is 16.0 Å². The fraction of sp³-hybridized carbons (Fsp3) is 0.231. The summed E-state index contributed by atoms with van der Waals surface area (Å²) in [5.41, 5.74) is -0.0977. The van der Waals surface area contributed by atoms with Crippen LogP contribution >= 0.6 is 15.9 Å². The molecule has 0 aliphatic carbocycles. The molecule has 0 radical (unpaired) electrons. The molecule has 0 amide bonds. The van der Waals surface area contributed by atoms with E-state index in [2.05, 4.69) is 15.9 Å². The zero-order valence-corrected chi connectivity index (χ0v) is 11.2. The van der Waals surface area contributed by atoms with Crippen LogP contribution in [0.3, 0.4) is 0 Å². The van der Waals surface area contributed by atoms with Crippen LogP contribution < -0.4 is 0 Å². The van der Waals surface area contributed by atoms with Crippen LogP contribution in [-0.4, -0.2) is 5.11 Å². The van der Waals surface area contributed by atoms with Crippen molar-refractivity contribution in [2.24, 2.45) is 0 Å². The molecule has 1 aromatic carbocycles. The molecule has 0 saturated carbocycles. The summed E-state index contributed by atoms with van der Waals surface area (Å²) in [6.45, 7) is 0. The minimum Gasteiger partial charge on any atom is -0.452 e. The topological polar surface area (TPSA) is 33.4 Å². The number of aliphatic hydroxyl groups is 1. The summed E-state index contributed by atoms with van der Waals surface area (Å²) in [6.07, 6.45) is -5.04. The van der Waals surface area contributed by atoms with Gasteiger partial charge in [-0.15, -0.1) is 0 Å². The number of hydrogen-bond donors (Lipinski definition) is 1. The molecule has 2 rings (SSSR count). The summed E-state index contributed by atoms with van der Waals surface area (Å²) in [7, 11) is 0. The van der Waals surface area contributed by atoms with Crippen LogP contribution in [0, 0.1) is 0 Å². The van der Waals surface area contributed by atoms with Crippen molar-refractivity contribution in [1.82, 2.24) is 0 Å². The smallest absolute Gasteiger partial charge is 0.416 e. The Morgan fingerprint density at radius 3 is 2.21 bits per heavy atom. The Morgan fingerprint density at radius 1 is 1.11 bits per heavy atom. The summed E-state index contributed by atoms with van der Waals surface area (Å²) >= 11 is 3.11. The highest BCUT2D eigenvalue weighted by molar-refractivity contribution is 9.10. The van der Waals surface area contributed by atoms with Crippen molar-refractivity contribution in [1.29, 1.82) is 0 Å². The van der Waals surface area contributed by atoms with Crippen molar-refractivity contribution in [2.45, 2.75) is 18.7 Å². The molecule has 0 saturated heterocycles. The third-order valence-corrected chi connectivity index (χ3v) is 3.06. The predicted octanol–water partition coefficient (Wildman–Crippen LogP) is 4.34. The number of alkyl halides is 3. The summed E-state index contributed by atoms with van der Waals surface area (Å²) in [5.74, 6) is 0.367. The predicted molar refractivity (Wildman–Crippen MR) is 66.5 cm³/mol. The van der Waals surface area contributed by atoms with Crippen molar-refractivity contribution in [3.05, 3.63) is 58.0 Å². The third kappa shape index (κ3) is 3.61. The van der Waals surface area contributed by atoms with Gasteiger partial charge in [0, 0.05) is 6.42 Å². The number of halogens is 4. The summed E-state index contributed by atoms with van der Waals surface area (Å²) in [5, 5.41) is 9.88. The van der Waals surface area contributed by atoms with Crippen molar-refractivity contribution in [2.75, 3.05) is 0 Å². The van der Waals surface area contributed by atoms with Crippen LogP contribution in [0.15, 0.2) is 45.5 Å². The molecule has 19 heavy (non-hydrogen) atoms. The SMILES string of the molecule is OC(Cc1ccc(C(F)(F)F)cc1)c1ccc(Br)o1. The molecule has 6 heteroatoms. The normalized spacial score (nSPS) is 13.5. The summed E-state index contributed by atoms with van der Waals surface area (Å²) in [4.78, 5) is 0. The minimum atomic E-state index is -4.34. The summed E-state index contributed by atoms with van der Waals surface area (Å²) in [6, 6.07) is 7.96. The van der Waals surface area contributed by atoms with E-state index in [0.717, 1.165) is 12.1 Å². The van der Waals surface area contributed by atoms with Gasteiger partial charge in [0.2, 0.25) is 0 Å². The van der Waals surface area contributed by atoms with Gasteiger partial charge in [0.05, 0.1) is 5.56 Å². The lowest BCUT2D eigenvalue weighted by atomic mass is 10.0. The average molecular weight is 335 g/mol. The van der Waals surface area contributed by atoms with Crippen LogP contribution in [0.2, 0.25) is 0 Å². The van der Waals surface area contributed by atoms with Crippen molar-refractivity contribution in [3.8, 4) is 0 Å². The zero-order valence-electron chi connectivity index (χ0n) is 9.62. The Hall–Kier alpha value is -1.27. The molecular weight excluding hydrogens is 325 g/mol. The van der Waals surface area contributed by atoms with E-state index < -0.39 is 17.8 Å². The van der Waals surface area contributed by atoms with Crippen molar-refractivity contribution in [3.63, 3.8) is 0 Å². The van der Waals surface area contributed by atoms with Crippen molar-refractivity contribution >= 4 is 15.9 Å². The molecule has 1 atom stereocenters. The third-order valence-electron chi connectivity index (χ3n) is 2.63. The zero-order chi connectivity index (χ0) is 14.0. The van der Waals surface area contributed by atoms with Gasteiger partial charge in [-0.25, -0.2) is 0 Å². The van der Waals surface area contributed by atoms with E-state index in [1.807, 2.05) is 0 Å². The molecule has 1 N–H and O–H groups in total. The van der Waals surface area contributed by atoms with E-state index in [9.17, 15) is 18.3 Å². The molecule has 102 valence electrons. The van der Waals surface area contributed by atoms with Gasteiger partial charge >= 0.3 is 6.18 Å². The van der Waals surface area contributed by atoms with Crippen LogP contribution in [0.5, 0.6) is 0 Å². The van der Waals surface area contributed by atoms with Gasteiger partial charge in [0.1, 0.15) is 11.9 Å². The number of furan rings is 1. The molecule has 2 aromatic rings. The quantitative estimate of drug-likeness (QED) is 0.905. The monoisotopic (exact) mass is 334 g/mol. The van der Waals surface area contributed by atoms with Gasteiger partial charge in [-0.3, -0.25) is 0 Å². The maximum atomic E-state index is 12.4. The molecule has 0 bridgehead atoms. The molecule has 1 unspecified atom stereocenters. The highest BCUT2D eigenvalue weighted by Crippen LogP contribution is 2.30. The maximum absolute atomic E-state index is 12.4. The molecular formula is C13H10BrF3O2. The Balaban J connectivity index is 2.07. The van der Waals surface area contributed by atoms with E-state index in [-0.39, 0.29) is 6.42 Å². The molecule has 0 spiro atoms. The Morgan fingerprint density at radius 2 is 1.74 bits per heavy atom. The number of aliphatic hydroxyl groups excluding tert-OH is 1. The van der Waals surface area contributed by atoms with E-state index in [1.54, 1.807) is 12.1 Å².